The van der Waals surface area contributed by atoms with Crippen molar-refractivity contribution in [1.82, 2.24) is 5.32 Å². The van der Waals surface area contributed by atoms with Crippen LogP contribution in [0.15, 0.2) is 24.5 Å². The van der Waals surface area contributed by atoms with Crippen LogP contribution in [0.3, 0.4) is 0 Å². The van der Waals surface area contributed by atoms with Crippen molar-refractivity contribution < 1.29 is 86.3 Å². The summed E-state index contributed by atoms with van der Waals surface area (Å²) in [4.78, 5) is 47.3. The number of amides is 2. The number of nitrogens with zero attached hydrogens (tertiary/aromatic N) is 1. The Hall–Kier alpha value is -5.93. The number of unbranched alkanes of at least 4 members (excludes halogenated alkanes) is 30. The van der Waals surface area contributed by atoms with Crippen LogP contribution >= 0.6 is 0 Å². The van der Waals surface area contributed by atoms with Crippen molar-refractivity contribution in [2.24, 2.45) is 23.7 Å². The number of aromatic nitrogens is 1. The first-order chi connectivity index (χ1) is 39.5. The second-order valence-electron chi connectivity index (χ2n) is 21.5. The number of rotatable bonds is 43. The molecular weight excluding hydrogens is 1030 g/mol. The molecule has 3 atom stereocenters. The monoisotopic (exact) mass is 1160 g/mol. The van der Waals surface area contributed by atoms with E-state index in [9.17, 15) is 24.3 Å². The zero-order valence-electron chi connectivity index (χ0n) is 51.6. The molecule has 0 aliphatic heterocycles. The fourth-order valence-electron chi connectivity index (χ4n) is 9.19. The summed E-state index contributed by atoms with van der Waals surface area (Å²) >= 11 is 0. The molecular formula is C72H131N3NaO6+. The van der Waals surface area contributed by atoms with Gasteiger partial charge in [-0.3, -0.25) is 19.7 Å². The van der Waals surface area contributed by atoms with Crippen LogP contribution in [0, 0.1) is 131 Å². The van der Waals surface area contributed by atoms with Crippen molar-refractivity contribution in [2.75, 3.05) is 5.32 Å². The van der Waals surface area contributed by atoms with E-state index >= 15 is 0 Å². The smallest absolute Gasteiger partial charge is 0.550 e. The molecule has 82 heavy (non-hydrogen) atoms. The van der Waals surface area contributed by atoms with E-state index in [4.69, 9.17) is 11.5 Å². The Morgan fingerprint density at radius 2 is 0.841 bits per heavy atom. The first kappa shape index (κ1) is 78.1. The molecule has 1 aromatic heterocycles. The summed E-state index contributed by atoms with van der Waals surface area (Å²) < 4.78 is 2.15. The summed E-state index contributed by atoms with van der Waals surface area (Å²) in [6.45, 7) is 11.2. The Bertz CT molecular complexity index is 2530. The molecule has 10 heteroatoms. The molecule has 3 unspecified atom stereocenters. The van der Waals surface area contributed by atoms with Crippen LogP contribution in [-0.2, 0) is 25.7 Å². The Kier molecular flexibility index (Phi) is 56.9. The number of aliphatic carboxylic acids is 2. The first-order valence-corrected chi connectivity index (χ1v) is 30.9. The molecule has 3 N–H and O–H groups in total. The molecule has 0 aromatic carbocycles. The quantitative estimate of drug-likeness (QED) is 0.0196. The van der Waals surface area contributed by atoms with Gasteiger partial charge in [0.1, 0.15) is 6.54 Å². The predicted molar refractivity (Wildman–Crippen MR) is 365 cm³/mol. The van der Waals surface area contributed by atoms with Crippen molar-refractivity contribution in [2.45, 2.75) is 266 Å². The number of hydrogen-bond acceptors (Lipinski definition) is 5. The molecule has 0 bridgehead atoms. The molecule has 1 aromatic rings. The van der Waals surface area contributed by atoms with E-state index in [1.54, 1.807) is 0 Å². The number of carbonyl (C=O) groups excluding carboxylic acids is 3. The van der Waals surface area contributed by atoms with Crippen molar-refractivity contribution in [3.8, 4) is 107 Å². The minimum absolute atomic E-state index is 0. The van der Waals surface area contributed by atoms with E-state index in [0.717, 1.165) is 25.8 Å². The summed E-state index contributed by atoms with van der Waals surface area (Å²) in [6, 6.07) is 6.24. The number of carbonyl (C=O) groups is 4. The van der Waals surface area contributed by atoms with Crippen molar-refractivity contribution in [1.29, 1.82) is 0 Å². The molecule has 0 saturated heterocycles. The summed E-state index contributed by atoms with van der Waals surface area (Å²) in [5.41, 5.74) is 0.717. The number of nitrogens with one attached hydrogen (secondary N) is 2. The van der Waals surface area contributed by atoms with E-state index in [-0.39, 0.29) is 83.0 Å². The molecule has 470 valence electrons. The van der Waals surface area contributed by atoms with E-state index in [1.807, 2.05) is 45.3 Å². The third-order valence-corrected chi connectivity index (χ3v) is 14.1. The van der Waals surface area contributed by atoms with E-state index in [2.05, 4.69) is 130 Å². The van der Waals surface area contributed by atoms with Crippen LogP contribution in [0.2, 0.25) is 0 Å². The van der Waals surface area contributed by atoms with Crippen LogP contribution in [-0.4, -0.2) is 28.9 Å². The van der Waals surface area contributed by atoms with Gasteiger partial charge in [0.05, 0.1) is 18.0 Å². The summed E-state index contributed by atoms with van der Waals surface area (Å²) in [7, 11) is 0. The first-order valence-electron chi connectivity index (χ1n) is 30.9. The largest absolute Gasteiger partial charge is 1.00 e. The van der Waals surface area contributed by atoms with Gasteiger partial charge < -0.3 is 20.3 Å². The van der Waals surface area contributed by atoms with E-state index in [0.29, 0.717) is 5.69 Å². The third kappa shape index (κ3) is 52.2. The van der Waals surface area contributed by atoms with E-state index in [1.165, 1.54) is 193 Å². The van der Waals surface area contributed by atoms with Crippen LogP contribution in [0.5, 0.6) is 0 Å². The average molecular weight is 1160 g/mol. The zero-order valence-corrected chi connectivity index (χ0v) is 53.6. The van der Waals surface area contributed by atoms with Crippen LogP contribution in [0.25, 0.3) is 0 Å². The molecule has 2 amide bonds. The van der Waals surface area contributed by atoms with Gasteiger partial charge in [0, 0.05) is 107 Å². The predicted octanol–water partition coefficient (Wildman–Crippen LogP) is 14.6. The normalized spacial score (nSPS) is 10.6. The van der Waals surface area contributed by atoms with Crippen LogP contribution in [0.4, 0.5) is 5.69 Å². The topological polar surface area (TPSA) is 140 Å². The Morgan fingerprint density at radius 1 is 0.500 bits per heavy atom. The molecule has 0 aliphatic rings. The number of terminal acetylenes is 1. The summed E-state index contributed by atoms with van der Waals surface area (Å²) in [6.07, 6.45) is 52.0. The second kappa shape index (κ2) is 59.7. The van der Waals surface area contributed by atoms with Gasteiger partial charge in [0.25, 0.3) is 0 Å². The minimum Gasteiger partial charge on any atom is -0.550 e. The van der Waals surface area contributed by atoms with E-state index < -0.39 is 29.7 Å². The Morgan fingerprint density at radius 3 is 1.18 bits per heavy atom. The summed E-state index contributed by atoms with van der Waals surface area (Å²) in [5.74, 6) is 34.9. The number of carboxylic acids is 2. The zero-order chi connectivity index (χ0) is 59.5. The molecule has 1 heterocycles. The Labute approximate surface area is 545 Å². The van der Waals surface area contributed by atoms with Crippen molar-refractivity contribution in [3.63, 3.8) is 0 Å². The van der Waals surface area contributed by atoms with Crippen molar-refractivity contribution >= 4 is 29.4 Å². The second-order valence-corrected chi connectivity index (χ2v) is 21.5. The maximum absolute atomic E-state index is 12.6. The van der Waals surface area contributed by atoms with Gasteiger partial charge in [-0.2, -0.15) is 0 Å². The number of carboxylic acid groups (broad SMARTS) is 2. The third-order valence-electron chi connectivity index (χ3n) is 14.1. The van der Waals surface area contributed by atoms with Gasteiger partial charge in [-0.1, -0.05) is 227 Å². The van der Waals surface area contributed by atoms with Gasteiger partial charge in [0.15, 0.2) is 12.4 Å². The molecule has 0 radical (unpaired) electrons. The van der Waals surface area contributed by atoms with Crippen LogP contribution in [0.1, 0.15) is 282 Å². The minimum atomic E-state index is -1.25. The molecule has 9 nitrogen and oxygen atoms in total. The molecule has 0 aliphatic carbocycles. The SMILES string of the molecule is C#CC#CC#CC#CC#CC#CC#CC#CC#CNC(=O)C(CC(=O)[O-])C(C)CCCCCCCCCCCCCCCCCC.CCCCCCCCCCCCCCCCCC[n+]1ccc(NC(=O)C(CC(=O)O)C(C)C)cc1.[HH].[HH].[HH].[HH].[HH].[HH].[HH].[HH].[HH].[HH].[HH].[HH].[HH].[HH].[HH].[HH].[Na+]. The molecule has 1 rings (SSSR count). The molecule has 0 saturated carbocycles. The fourth-order valence-corrected chi connectivity index (χ4v) is 9.19. The van der Waals surface area contributed by atoms with Gasteiger partial charge in [-0.15, -0.1) is 6.42 Å². The standard InChI is InChI=1S/C42H47NO3.C30H52N2O3.Na.16H2/c1-4-6-8-10-12-14-16-18-20-22-24-26-28-30-32-34-36-39(3)40(38-41(44)45)42(46)43-37-35-33-31-29-27-25-23-21-19-17-15-13-11-9-7-5-2;1-4-5-6-7-8-9-10-11-12-13-14-15-16-17-18-19-22-32-23-20-27(21-24-32)31-30(35)28(26(2)3)25-29(33)34;;;;;;;;;;;;;;;;;/h2,39-40H,4,6,8,10,12,14,16,18,20,22,24,26,28,30,32,34,36,38H2,1,3H3,(H,43,46)(H,44,45);20-21,23-24,26,28H,4-19,22,25H2,1-3H3,(H,33,34);;16*1H/q;;+1;;;;;;;;;;;;;;;;. The van der Waals surface area contributed by atoms with Gasteiger partial charge in [0.2, 0.25) is 11.8 Å². The molecule has 0 spiro atoms. The number of pyridine rings is 1. The number of anilines is 1. The maximum atomic E-state index is 12.6. The Balaban J connectivity index is -0.0000000710. The van der Waals surface area contributed by atoms with Crippen molar-refractivity contribution in [3.05, 3.63) is 24.5 Å². The number of hydrogen-bond donors (Lipinski definition) is 3. The van der Waals surface area contributed by atoms with Gasteiger partial charge >= 0.3 is 35.5 Å². The maximum Gasteiger partial charge on any atom is 1.00 e. The molecule has 0 fully saturated rings. The fraction of sp³-hybridized carbons (Fsp3) is 0.625. The average Bonchev–Trinajstić information content (AvgIpc) is 0.943. The van der Waals surface area contributed by atoms with Gasteiger partial charge in [-0.05, 0) is 78.5 Å². The number of aryl methyl sites for hydroxylation is 1. The summed E-state index contributed by atoms with van der Waals surface area (Å²) in [5, 5.41) is 25.6. The van der Waals surface area contributed by atoms with Crippen LogP contribution < -0.4 is 49.9 Å². The van der Waals surface area contributed by atoms with Gasteiger partial charge in [-0.25, -0.2) is 4.57 Å².